The van der Waals surface area contributed by atoms with Gasteiger partial charge in [0, 0.05) is 18.3 Å². The first-order valence-corrected chi connectivity index (χ1v) is 11.3. The topological polar surface area (TPSA) is 113 Å². The van der Waals surface area contributed by atoms with Crippen LogP contribution in [-0.4, -0.2) is 26.8 Å². The second kappa shape index (κ2) is 7.62. The van der Waals surface area contributed by atoms with Crippen LogP contribution in [0.15, 0.2) is 35.3 Å². The minimum atomic E-state index is -0.847. The van der Waals surface area contributed by atoms with Crippen LogP contribution in [0.5, 0.6) is 0 Å². The van der Waals surface area contributed by atoms with E-state index in [-0.39, 0.29) is 16.8 Å². The van der Waals surface area contributed by atoms with Gasteiger partial charge in [-0.3, -0.25) is 14.4 Å². The molecule has 1 aromatic carbocycles. The average molecular weight is 457 g/mol. The van der Waals surface area contributed by atoms with Crippen LogP contribution in [0.25, 0.3) is 0 Å². The third kappa shape index (κ3) is 3.37. The highest BCUT2D eigenvalue weighted by atomic mass is 35.5. The van der Waals surface area contributed by atoms with Crippen LogP contribution in [0.4, 0.5) is 17.1 Å². The van der Waals surface area contributed by atoms with Crippen LogP contribution in [0.1, 0.15) is 39.0 Å². The Balaban J connectivity index is 1.47. The summed E-state index contributed by atoms with van der Waals surface area (Å²) in [5.41, 5.74) is 0.429. The van der Waals surface area contributed by atoms with E-state index in [1.807, 2.05) is 0 Å². The lowest BCUT2D eigenvalue weighted by Crippen LogP contribution is -2.63. The molecule has 1 amide bonds. The molecule has 0 spiro atoms. The van der Waals surface area contributed by atoms with Crippen molar-refractivity contribution in [3.05, 3.63) is 45.8 Å². The fourth-order valence-electron chi connectivity index (χ4n) is 6.57. The first kappa shape index (κ1) is 21.0. The molecule has 0 saturated heterocycles. The molecule has 9 heteroatoms. The second-order valence-electron chi connectivity index (χ2n) is 9.50. The summed E-state index contributed by atoms with van der Waals surface area (Å²) < 4.78 is 1.38. The van der Waals surface area contributed by atoms with E-state index in [0.717, 1.165) is 19.3 Å². The van der Waals surface area contributed by atoms with Crippen molar-refractivity contribution in [1.82, 2.24) is 9.78 Å². The molecule has 4 aliphatic carbocycles. The number of carboxylic acid groups (broad SMARTS) is 1. The molecule has 4 fully saturated rings. The van der Waals surface area contributed by atoms with Crippen molar-refractivity contribution in [1.29, 1.82) is 0 Å². The number of carbonyl (C=O) groups is 2. The highest BCUT2D eigenvalue weighted by Crippen LogP contribution is 2.61. The average Bonchev–Trinajstić information content (AvgIpc) is 2.71. The van der Waals surface area contributed by atoms with Crippen LogP contribution >= 0.6 is 11.6 Å². The van der Waals surface area contributed by atoms with Gasteiger partial charge in [0.25, 0.3) is 5.56 Å². The molecule has 3 N–H and O–H groups in total. The molecule has 2 aromatic rings. The number of aliphatic carboxylic acids is 1. The molecule has 3 unspecified atom stereocenters. The molecule has 1 aromatic heterocycles. The molecule has 4 aliphatic rings. The minimum absolute atomic E-state index is 0.00850. The Morgan fingerprint density at radius 2 is 1.75 bits per heavy atom. The lowest BCUT2D eigenvalue weighted by molar-refractivity contribution is -0.168. The first-order valence-electron chi connectivity index (χ1n) is 10.9. The Hall–Kier alpha value is -2.87. The Kier molecular flexibility index (Phi) is 5.00. The zero-order valence-corrected chi connectivity index (χ0v) is 18.4. The predicted molar refractivity (Wildman–Crippen MR) is 120 cm³/mol. The van der Waals surface area contributed by atoms with Gasteiger partial charge < -0.3 is 15.7 Å². The highest BCUT2D eigenvalue weighted by Gasteiger charge is 2.61. The molecule has 4 bridgehead atoms. The van der Waals surface area contributed by atoms with Crippen LogP contribution in [0.3, 0.4) is 0 Å². The maximum absolute atomic E-state index is 13.3. The van der Waals surface area contributed by atoms with Crippen molar-refractivity contribution in [2.24, 2.45) is 23.7 Å². The number of hydrogen-bond donors (Lipinski definition) is 3. The van der Waals surface area contributed by atoms with E-state index in [1.54, 1.807) is 24.3 Å². The van der Waals surface area contributed by atoms with Crippen molar-refractivity contribution in [3.63, 3.8) is 0 Å². The third-order valence-electron chi connectivity index (χ3n) is 7.36. The van der Waals surface area contributed by atoms with Gasteiger partial charge in [-0.1, -0.05) is 11.6 Å². The highest BCUT2D eigenvalue weighted by molar-refractivity contribution is 6.33. The Morgan fingerprint density at radius 1 is 1.12 bits per heavy atom. The number of carbonyl (C=O) groups excluding carboxylic acids is 1. The van der Waals surface area contributed by atoms with E-state index in [0.29, 0.717) is 41.7 Å². The lowest BCUT2D eigenvalue weighted by atomic mass is 9.48. The Labute approximate surface area is 190 Å². The number of halogens is 1. The zero-order valence-electron chi connectivity index (χ0n) is 17.7. The van der Waals surface area contributed by atoms with E-state index >= 15 is 0 Å². The Morgan fingerprint density at radius 3 is 2.34 bits per heavy atom. The molecule has 1 heterocycles. The molecule has 8 nitrogen and oxygen atoms in total. The van der Waals surface area contributed by atoms with Gasteiger partial charge in [-0.25, -0.2) is 4.68 Å². The molecule has 4 saturated carbocycles. The van der Waals surface area contributed by atoms with Gasteiger partial charge in [-0.05, 0) is 74.1 Å². The molecule has 168 valence electrons. The van der Waals surface area contributed by atoms with Crippen LogP contribution in [0, 0.1) is 23.7 Å². The van der Waals surface area contributed by atoms with Crippen molar-refractivity contribution in [3.8, 4) is 0 Å². The second-order valence-corrected chi connectivity index (χ2v) is 9.88. The molecule has 0 radical (unpaired) electrons. The molecule has 32 heavy (non-hydrogen) atoms. The zero-order chi connectivity index (χ0) is 22.6. The van der Waals surface area contributed by atoms with Crippen LogP contribution < -0.4 is 16.2 Å². The number of benzene rings is 1. The quantitative estimate of drug-likeness (QED) is 0.630. The van der Waals surface area contributed by atoms with Gasteiger partial charge >= 0.3 is 5.97 Å². The number of hydrogen-bond acceptors (Lipinski definition) is 5. The fourth-order valence-corrected chi connectivity index (χ4v) is 6.74. The summed E-state index contributed by atoms with van der Waals surface area (Å²) in [6.07, 6.45) is 5.79. The van der Waals surface area contributed by atoms with Crippen LogP contribution in [0.2, 0.25) is 5.02 Å². The van der Waals surface area contributed by atoms with Crippen molar-refractivity contribution in [2.45, 2.75) is 44.6 Å². The maximum atomic E-state index is 13.3. The van der Waals surface area contributed by atoms with E-state index in [1.165, 1.54) is 17.8 Å². The Bertz CT molecular complexity index is 1130. The fraction of sp³-hybridized carbons (Fsp3) is 0.478. The van der Waals surface area contributed by atoms with E-state index in [9.17, 15) is 19.5 Å². The summed E-state index contributed by atoms with van der Waals surface area (Å²) in [7, 11) is 0. The SMILES string of the molecule is CC(=O)Nc1ccc(Nc2cnn(C34CC5CC(CC(C5)C3C(=O)O)C4)c(=O)c2Cl)cc1. The number of nitrogens with one attached hydrogen (secondary N) is 2. The number of anilines is 3. The molecule has 3 atom stereocenters. The van der Waals surface area contributed by atoms with E-state index in [2.05, 4.69) is 15.7 Å². The van der Waals surface area contributed by atoms with Gasteiger partial charge in [0.05, 0.1) is 23.3 Å². The maximum Gasteiger partial charge on any atom is 0.309 e. The molecular weight excluding hydrogens is 432 g/mol. The number of carboxylic acids is 1. The van der Waals surface area contributed by atoms with Crippen molar-refractivity contribution >= 4 is 40.5 Å². The molecule has 0 aliphatic heterocycles. The van der Waals surface area contributed by atoms with Crippen molar-refractivity contribution < 1.29 is 14.7 Å². The minimum Gasteiger partial charge on any atom is -0.481 e. The smallest absolute Gasteiger partial charge is 0.309 e. The van der Waals surface area contributed by atoms with E-state index in [4.69, 9.17) is 11.6 Å². The summed E-state index contributed by atoms with van der Waals surface area (Å²) in [4.78, 5) is 36.7. The summed E-state index contributed by atoms with van der Waals surface area (Å²) in [5.74, 6) is -0.653. The molecular formula is C23H25ClN4O4. The van der Waals surface area contributed by atoms with Gasteiger partial charge in [-0.2, -0.15) is 5.10 Å². The summed E-state index contributed by atoms with van der Waals surface area (Å²) in [6.45, 7) is 1.44. The lowest BCUT2D eigenvalue weighted by Gasteiger charge is -2.59. The van der Waals surface area contributed by atoms with Crippen molar-refractivity contribution in [2.75, 3.05) is 10.6 Å². The number of amides is 1. The van der Waals surface area contributed by atoms with E-state index < -0.39 is 23.0 Å². The van der Waals surface area contributed by atoms with Gasteiger partial charge in [-0.15, -0.1) is 0 Å². The molecule has 6 rings (SSSR count). The number of nitrogens with zero attached hydrogens (tertiary/aromatic N) is 2. The number of aromatic nitrogens is 2. The summed E-state index contributed by atoms with van der Waals surface area (Å²) in [5, 5.41) is 20.3. The summed E-state index contributed by atoms with van der Waals surface area (Å²) in [6, 6.07) is 6.98. The first-order chi connectivity index (χ1) is 15.3. The third-order valence-corrected chi connectivity index (χ3v) is 7.73. The largest absolute Gasteiger partial charge is 0.481 e. The van der Waals surface area contributed by atoms with Gasteiger partial charge in [0.2, 0.25) is 5.91 Å². The predicted octanol–water partition coefficient (Wildman–Crippen LogP) is 3.83. The van der Waals surface area contributed by atoms with Crippen LogP contribution in [-0.2, 0) is 15.1 Å². The standard InChI is InChI=1S/C23H25ClN4O4/c1-12(29)26-16-2-4-17(5-3-16)27-18-11-25-28(21(30)20(18)24)23-9-13-6-14(10-23)8-15(7-13)19(23)22(31)32/h2-5,11,13-15,19,27H,6-10H2,1H3,(H,26,29)(H,31,32). The van der Waals surface area contributed by atoms with Gasteiger partial charge in [0.15, 0.2) is 0 Å². The summed E-state index contributed by atoms with van der Waals surface area (Å²) >= 11 is 6.48. The normalized spacial score (nSPS) is 30.2. The van der Waals surface area contributed by atoms with Gasteiger partial charge in [0.1, 0.15) is 5.02 Å². The number of rotatable bonds is 5. The monoisotopic (exact) mass is 456 g/mol.